The van der Waals surface area contributed by atoms with Gasteiger partial charge in [-0.25, -0.2) is 18.0 Å². The molecule has 0 N–H and O–H groups in total. The van der Waals surface area contributed by atoms with E-state index in [1.165, 1.54) is 18.2 Å². The molecule has 1 aliphatic rings. The summed E-state index contributed by atoms with van der Waals surface area (Å²) in [6, 6.07) is 2.75. The predicted molar refractivity (Wildman–Crippen MR) is 83.1 cm³/mol. The van der Waals surface area contributed by atoms with E-state index in [0.29, 0.717) is 11.1 Å². The van der Waals surface area contributed by atoms with Crippen molar-refractivity contribution in [1.82, 2.24) is 0 Å². The van der Waals surface area contributed by atoms with Crippen LogP contribution in [0.2, 0.25) is 0 Å². The van der Waals surface area contributed by atoms with Gasteiger partial charge < -0.3 is 4.74 Å². The first-order valence-corrected chi connectivity index (χ1v) is 7.60. The second-order valence-electron chi connectivity index (χ2n) is 6.91. The van der Waals surface area contributed by atoms with Crippen molar-refractivity contribution in [1.29, 1.82) is 0 Å². The van der Waals surface area contributed by atoms with Crippen LogP contribution < -0.4 is 0 Å². The van der Waals surface area contributed by atoms with Gasteiger partial charge in [0.25, 0.3) is 5.92 Å². The Labute approximate surface area is 134 Å². The topological polar surface area (TPSA) is 26.3 Å². The highest BCUT2D eigenvalue weighted by Gasteiger charge is 2.33. The summed E-state index contributed by atoms with van der Waals surface area (Å²) in [6.07, 6.45) is 0.571. The van der Waals surface area contributed by atoms with Gasteiger partial charge in [-0.05, 0) is 51.3 Å². The molecule has 0 fully saturated rings. The van der Waals surface area contributed by atoms with Crippen LogP contribution in [0.25, 0.3) is 5.57 Å². The number of carbonyl (C=O) groups is 1. The molecular formula is C18H21F3O2. The first-order valence-electron chi connectivity index (χ1n) is 7.60. The Balaban J connectivity index is 2.50. The summed E-state index contributed by atoms with van der Waals surface area (Å²) in [6.45, 7) is 6.85. The van der Waals surface area contributed by atoms with Gasteiger partial charge in [0.2, 0.25) is 0 Å². The van der Waals surface area contributed by atoms with Gasteiger partial charge in [-0.1, -0.05) is 12.1 Å². The third-order valence-electron chi connectivity index (χ3n) is 3.69. The van der Waals surface area contributed by atoms with Gasteiger partial charge in [-0.2, -0.15) is 0 Å². The molecule has 1 aromatic rings. The number of esters is 1. The Bertz CT molecular complexity index is 655. The molecular weight excluding hydrogens is 305 g/mol. The van der Waals surface area contributed by atoms with Gasteiger partial charge in [-0.3, -0.25) is 0 Å². The number of alkyl halides is 2. The Morgan fingerprint density at radius 2 is 1.91 bits per heavy atom. The third kappa shape index (κ3) is 4.15. The van der Waals surface area contributed by atoms with E-state index in [1.54, 1.807) is 27.7 Å². The van der Waals surface area contributed by atoms with Crippen LogP contribution in [0.15, 0.2) is 18.2 Å². The largest absolute Gasteiger partial charge is 0.456 e. The molecule has 0 heterocycles. The molecule has 0 aromatic heterocycles. The number of aryl methyl sites for hydroxylation is 1. The van der Waals surface area contributed by atoms with E-state index >= 15 is 0 Å². The molecule has 0 radical (unpaired) electrons. The minimum Gasteiger partial charge on any atom is -0.456 e. The number of benzene rings is 1. The zero-order valence-corrected chi connectivity index (χ0v) is 13.8. The Hall–Kier alpha value is -1.78. The lowest BCUT2D eigenvalue weighted by Gasteiger charge is -2.25. The molecule has 5 heteroatoms. The number of hydrogen-bond donors (Lipinski definition) is 0. The summed E-state index contributed by atoms with van der Waals surface area (Å²) in [4.78, 5) is 12.5. The fourth-order valence-electron chi connectivity index (χ4n) is 2.61. The van der Waals surface area contributed by atoms with Crippen molar-refractivity contribution in [3.63, 3.8) is 0 Å². The predicted octanol–water partition coefficient (Wildman–Crippen LogP) is 5.29. The summed E-state index contributed by atoms with van der Waals surface area (Å²) in [5, 5.41) is 0. The van der Waals surface area contributed by atoms with Gasteiger partial charge in [0.05, 0.1) is 5.56 Å². The maximum Gasteiger partial charge on any atom is 0.339 e. The zero-order valence-electron chi connectivity index (χ0n) is 13.8. The van der Waals surface area contributed by atoms with Crippen molar-refractivity contribution in [3.8, 4) is 0 Å². The van der Waals surface area contributed by atoms with Crippen molar-refractivity contribution in [3.05, 3.63) is 40.7 Å². The number of rotatable bonds is 2. The molecule has 0 bridgehead atoms. The van der Waals surface area contributed by atoms with Crippen LogP contribution in [0.5, 0.6) is 0 Å². The highest BCUT2D eigenvalue weighted by Crippen LogP contribution is 2.39. The number of halogens is 3. The minimum atomic E-state index is -2.77. The van der Waals surface area contributed by atoms with Crippen LogP contribution in [0.1, 0.15) is 61.5 Å². The zero-order chi connectivity index (χ0) is 17.4. The lowest BCUT2D eigenvalue weighted by atomic mass is 9.87. The number of carbonyl (C=O) groups excluding carboxylic acids is 1. The SMILES string of the molecule is Cc1ccc(F)c(C2=CCC(F)(F)CC2)c1C(=O)OC(C)(C)C. The van der Waals surface area contributed by atoms with Crippen LogP contribution in [-0.4, -0.2) is 17.5 Å². The smallest absolute Gasteiger partial charge is 0.339 e. The Morgan fingerprint density at radius 3 is 2.43 bits per heavy atom. The van der Waals surface area contributed by atoms with Gasteiger partial charge in [0.1, 0.15) is 11.4 Å². The van der Waals surface area contributed by atoms with Crippen LogP contribution in [-0.2, 0) is 4.74 Å². The minimum absolute atomic E-state index is 0.0309. The van der Waals surface area contributed by atoms with Gasteiger partial charge in [0, 0.05) is 18.4 Å². The van der Waals surface area contributed by atoms with Crippen molar-refractivity contribution >= 4 is 11.5 Å². The molecule has 126 valence electrons. The van der Waals surface area contributed by atoms with Crippen LogP contribution in [0.3, 0.4) is 0 Å². The fraction of sp³-hybridized carbons (Fsp3) is 0.500. The van der Waals surface area contributed by atoms with Gasteiger partial charge >= 0.3 is 5.97 Å². The Morgan fingerprint density at radius 1 is 1.26 bits per heavy atom. The standard InChI is InChI=1S/C18H21F3O2/c1-11-5-6-13(19)15(12-7-9-18(20,21)10-8-12)14(11)16(22)23-17(2,3)4/h5-7H,8-10H2,1-4H3. The second kappa shape index (κ2) is 6.02. The average Bonchev–Trinajstić information content (AvgIpc) is 2.39. The van der Waals surface area contributed by atoms with Crippen molar-refractivity contribution in [2.75, 3.05) is 0 Å². The fourth-order valence-corrected chi connectivity index (χ4v) is 2.61. The number of hydrogen-bond acceptors (Lipinski definition) is 2. The van der Waals surface area contributed by atoms with E-state index in [9.17, 15) is 18.0 Å². The lowest BCUT2D eigenvalue weighted by Crippen LogP contribution is -2.26. The lowest BCUT2D eigenvalue weighted by molar-refractivity contribution is -0.00606. The molecule has 1 aromatic carbocycles. The third-order valence-corrected chi connectivity index (χ3v) is 3.69. The summed E-state index contributed by atoms with van der Waals surface area (Å²) in [5.41, 5.74) is 0.499. The van der Waals surface area contributed by atoms with E-state index in [-0.39, 0.29) is 24.0 Å². The first-order chi connectivity index (χ1) is 10.5. The van der Waals surface area contributed by atoms with Crippen molar-refractivity contribution in [2.45, 2.75) is 58.5 Å². The maximum absolute atomic E-state index is 14.4. The monoisotopic (exact) mass is 326 g/mol. The first kappa shape index (κ1) is 17.6. The van der Waals surface area contributed by atoms with E-state index < -0.39 is 29.7 Å². The summed E-state index contributed by atoms with van der Waals surface area (Å²) in [5.74, 6) is -3.99. The molecule has 23 heavy (non-hydrogen) atoms. The molecule has 0 saturated carbocycles. The summed E-state index contributed by atoms with van der Waals surface area (Å²) >= 11 is 0. The van der Waals surface area contributed by atoms with E-state index in [2.05, 4.69) is 0 Å². The summed E-state index contributed by atoms with van der Waals surface area (Å²) in [7, 11) is 0. The number of ether oxygens (including phenoxy) is 1. The molecule has 0 atom stereocenters. The average molecular weight is 326 g/mol. The van der Waals surface area contributed by atoms with E-state index in [4.69, 9.17) is 4.74 Å². The van der Waals surface area contributed by atoms with E-state index in [1.807, 2.05) is 0 Å². The second-order valence-corrected chi connectivity index (χ2v) is 6.91. The molecule has 1 aliphatic carbocycles. The molecule has 0 unspecified atom stereocenters. The Kier molecular flexibility index (Phi) is 4.60. The maximum atomic E-state index is 14.4. The van der Waals surface area contributed by atoms with Gasteiger partial charge in [0.15, 0.2) is 0 Å². The van der Waals surface area contributed by atoms with Crippen LogP contribution in [0.4, 0.5) is 13.2 Å². The molecule has 0 saturated heterocycles. The summed E-state index contributed by atoms with van der Waals surface area (Å²) < 4.78 is 46.4. The molecule has 0 amide bonds. The van der Waals surface area contributed by atoms with Crippen LogP contribution >= 0.6 is 0 Å². The molecule has 2 nitrogen and oxygen atoms in total. The van der Waals surface area contributed by atoms with Gasteiger partial charge in [-0.15, -0.1) is 0 Å². The molecule has 0 aliphatic heterocycles. The van der Waals surface area contributed by atoms with Crippen molar-refractivity contribution < 1.29 is 22.7 Å². The van der Waals surface area contributed by atoms with Crippen molar-refractivity contribution in [2.24, 2.45) is 0 Å². The van der Waals surface area contributed by atoms with E-state index in [0.717, 1.165) is 0 Å². The normalized spacial score (nSPS) is 17.6. The highest BCUT2D eigenvalue weighted by atomic mass is 19.3. The quantitative estimate of drug-likeness (QED) is 0.690. The molecule has 2 rings (SSSR count). The number of allylic oxidation sites excluding steroid dienone is 2. The van der Waals surface area contributed by atoms with Crippen LogP contribution in [0, 0.1) is 12.7 Å². The molecule has 0 spiro atoms. The highest BCUT2D eigenvalue weighted by molar-refractivity contribution is 5.97.